The molecule has 0 radical (unpaired) electrons. The minimum Gasteiger partial charge on any atom is -0.478 e. The van der Waals surface area contributed by atoms with Crippen LogP contribution in [0.2, 0.25) is 0 Å². The number of aliphatic carboxylic acids is 2. The monoisotopic (exact) mass is 1120 g/mol. The third kappa shape index (κ3) is 14.6. The fourth-order valence-corrected chi connectivity index (χ4v) is 8.85. The largest absolute Gasteiger partial charge is 0.478 e. The molecule has 8 aromatic rings. The van der Waals surface area contributed by atoms with Crippen molar-refractivity contribution in [3.8, 4) is 22.3 Å². The van der Waals surface area contributed by atoms with Crippen LogP contribution in [0, 0.1) is 23.3 Å². The van der Waals surface area contributed by atoms with Crippen molar-refractivity contribution in [2.24, 2.45) is 0 Å². The van der Waals surface area contributed by atoms with Crippen molar-refractivity contribution in [2.75, 3.05) is 97.5 Å². The Bertz CT molecular complexity index is 3500. The zero-order valence-corrected chi connectivity index (χ0v) is 44.5. The SMILES string of the molecule is C=CC(=O)Nc1cccc(-c2cccc3cnc(Nc4ccc(N5CCN(C)CC5)c(F)c4F)nc23)c1.C=CC(=O)Nc1cccc(-c2cccc3cnc(Nc4ccc(N5CCN(C)CC5)c(F)c4F)nc23)c1.O=C(O)/C=C\C(=O)O. The fourth-order valence-electron chi connectivity index (χ4n) is 8.85. The lowest BCUT2D eigenvalue weighted by Gasteiger charge is -2.34. The Kier molecular flexibility index (Phi) is 18.9. The number of para-hydroxylation sites is 2. The number of rotatable bonds is 14. The van der Waals surface area contributed by atoms with Crippen LogP contribution in [0.1, 0.15) is 0 Å². The first-order valence-corrected chi connectivity index (χ1v) is 25.6. The molecule has 0 atom stereocenters. The number of benzene rings is 6. The third-order valence-corrected chi connectivity index (χ3v) is 13.1. The number of carboxylic acid groups (broad SMARTS) is 2. The molecule has 0 spiro atoms. The molecule has 82 heavy (non-hydrogen) atoms. The number of nitrogens with one attached hydrogen (secondary N) is 4. The molecule has 2 aromatic heterocycles. The Morgan fingerprint density at radius 1 is 0.512 bits per heavy atom. The molecular weight excluding hydrogens is 1060 g/mol. The average Bonchev–Trinajstić information content (AvgIpc) is 3.60. The van der Waals surface area contributed by atoms with Crippen LogP contribution in [0.15, 0.2) is 159 Å². The summed E-state index contributed by atoms with van der Waals surface area (Å²) < 4.78 is 60.1. The predicted molar refractivity (Wildman–Crippen MR) is 311 cm³/mol. The Balaban J connectivity index is 0.000000190. The number of anilines is 8. The summed E-state index contributed by atoms with van der Waals surface area (Å²) in [7, 11) is 4.02. The van der Waals surface area contributed by atoms with Gasteiger partial charge in [-0.3, -0.25) is 9.59 Å². The van der Waals surface area contributed by atoms with Crippen LogP contribution in [0.5, 0.6) is 0 Å². The smallest absolute Gasteiger partial charge is 0.328 e. The van der Waals surface area contributed by atoms with Crippen molar-refractivity contribution in [3.63, 3.8) is 0 Å². The second-order valence-electron chi connectivity index (χ2n) is 18.8. The molecule has 0 unspecified atom stereocenters. The number of nitrogens with zero attached hydrogens (tertiary/aromatic N) is 8. The number of fused-ring (bicyclic) bond motifs is 2. The number of carbonyl (C=O) groups is 4. The average molecular weight is 1120 g/mol. The van der Waals surface area contributed by atoms with Gasteiger partial charge in [-0.25, -0.2) is 47.1 Å². The first-order valence-electron chi connectivity index (χ1n) is 25.6. The Morgan fingerprint density at radius 2 is 0.890 bits per heavy atom. The Hall–Kier alpha value is -10.1. The summed E-state index contributed by atoms with van der Waals surface area (Å²) in [6.45, 7) is 12.6. The molecule has 420 valence electrons. The van der Waals surface area contributed by atoms with E-state index in [0.717, 1.165) is 59.2 Å². The van der Waals surface area contributed by atoms with Crippen LogP contribution in [0.3, 0.4) is 0 Å². The van der Waals surface area contributed by atoms with Crippen LogP contribution in [0.4, 0.5) is 63.6 Å². The maximum Gasteiger partial charge on any atom is 0.328 e. The highest BCUT2D eigenvalue weighted by molar-refractivity contribution is 6.01. The molecule has 2 amide bonds. The van der Waals surface area contributed by atoms with Crippen molar-refractivity contribution in [1.82, 2.24) is 29.7 Å². The van der Waals surface area contributed by atoms with Gasteiger partial charge in [0, 0.05) is 110 Å². The number of likely N-dealkylation sites (N-methyl/N-ethyl adjacent to an activating group) is 2. The van der Waals surface area contributed by atoms with Crippen molar-refractivity contribution in [3.05, 3.63) is 182 Å². The number of piperazine rings is 2. The second-order valence-corrected chi connectivity index (χ2v) is 18.8. The number of aromatic nitrogens is 4. The van der Waals surface area contributed by atoms with E-state index in [1.54, 1.807) is 36.7 Å². The summed E-state index contributed by atoms with van der Waals surface area (Å²) in [4.78, 5) is 68.4. The van der Waals surface area contributed by atoms with E-state index >= 15 is 8.78 Å². The van der Waals surface area contributed by atoms with Gasteiger partial charge < -0.3 is 51.1 Å². The molecule has 2 aliphatic heterocycles. The van der Waals surface area contributed by atoms with Crippen molar-refractivity contribution < 1.29 is 47.0 Å². The fraction of sp³-hybridized carbons (Fsp3) is 0.167. The molecule has 6 N–H and O–H groups in total. The maximum absolute atomic E-state index is 15.0. The van der Waals surface area contributed by atoms with Gasteiger partial charge in [-0.2, -0.15) is 0 Å². The second kappa shape index (κ2) is 26.7. The summed E-state index contributed by atoms with van der Waals surface area (Å²) in [5.41, 5.74) is 6.16. The Morgan fingerprint density at radius 3 is 1.26 bits per heavy atom. The zero-order valence-electron chi connectivity index (χ0n) is 44.5. The molecule has 2 saturated heterocycles. The van der Waals surface area contributed by atoms with Crippen molar-refractivity contribution in [2.45, 2.75) is 0 Å². The lowest BCUT2D eigenvalue weighted by molar-refractivity contribution is -0.134. The van der Waals surface area contributed by atoms with E-state index in [1.165, 1.54) is 24.3 Å². The minimum absolute atomic E-state index is 0.0404. The summed E-state index contributed by atoms with van der Waals surface area (Å²) in [5, 5.41) is 28.4. The number of carboxylic acids is 2. The number of hydrogen-bond donors (Lipinski definition) is 6. The summed E-state index contributed by atoms with van der Waals surface area (Å²) in [5.74, 6) is -6.58. The van der Waals surface area contributed by atoms with Crippen LogP contribution in [0.25, 0.3) is 44.1 Å². The van der Waals surface area contributed by atoms with Gasteiger partial charge in [-0.1, -0.05) is 73.8 Å². The van der Waals surface area contributed by atoms with Crippen molar-refractivity contribution in [1.29, 1.82) is 0 Å². The van der Waals surface area contributed by atoms with Crippen LogP contribution >= 0.6 is 0 Å². The molecule has 10 rings (SSSR count). The maximum atomic E-state index is 15.0. The lowest BCUT2D eigenvalue weighted by Crippen LogP contribution is -2.44. The summed E-state index contributed by atoms with van der Waals surface area (Å²) >= 11 is 0. The van der Waals surface area contributed by atoms with Gasteiger partial charge in [0.1, 0.15) is 0 Å². The third-order valence-electron chi connectivity index (χ3n) is 13.1. The summed E-state index contributed by atoms with van der Waals surface area (Å²) in [6, 6.07) is 32.2. The number of halogens is 4. The Labute approximate surface area is 468 Å². The highest BCUT2D eigenvalue weighted by Crippen LogP contribution is 2.35. The van der Waals surface area contributed by atoms with E-state index in [1.807, 2.05) is 96.7 Å². The van der Waals surface area contributed by atoms with Gasteiger partial charge in [-0.05, 0) is 85.9 Å². The van der Waals surface area contributed by atoms with Gasteiger partial charge in [-0.15, -0.1) is 0 Å². The number of hydrogen-bond acceptors (Lipinski definition) is 14. The molecule has 22 heteroatoms. The topological polar surface area (TPSA) is 221 Å². The van der Waals surface area contributed by atoms with E-state index in [0.29, 0.717) is 60.7 Å². The normalized spacial score (nSPS) is 13.5. The van der Waals surface area contributed by atoms with Gasteiger partial charge >= 0.3 is 11.9 Å². The minimum atomic E-state index is -1.26. The van der Waals surface area contributed by atoms with Gasteiger partial charge in [0.15, 0.2) is 23.3 Å². The van der Waals surface area contributed by atoms with Crippen LogP contribution in [-0.2, 0) is 19.2 Å². The molecule has 4 heterocycles. The van der Waals surface area contributed by atoms with E-state index in [9.17, 15) is 28.0 Å². The molecule has 0 saturated carbocycles. The summed E-state index contributed by atoms with van der Waals surface area (Å²) in [6.07, 6.45) is 6.78. The quantitative estimate of drug-likeness (QED) is 0.0440. The molecule has 0 aliphatic carbocycles. The van der Waals surface area contributed by atoms with E-state index in [-0.39, 0.29) is 46.5 Å². The van der Waals surface area contributed by atoms with E-state index in [4.69, 9.17) is 10.2 Å². The number of amides is 2. The molecule has 0 bridgehead atoms. The van der Waals surface area contributed by atoms with Gasteiger partial charge in [0.25, 0.3) is 0 Å². The molecule has 2 fully saturated rings. The lowest BCUT2D eigenvalue weighted by atomic mass is 10.0. The van der Waals surface area contributed by atoms with Crippen LogP contribution in [-0.4, -0.2) is 130 Å². The zero-order chi connectivity index (χ0) is 58.5. The van der Waals surface area contributed by atoms with Gasteiger partial charge in [0.05, 0.1) is 33.8 Å². The first kappa shape index (κ1) is 58.1. The first-order chi connectivity index (χ1) is 39.5. The van der Waals surface area contributed by atoms with Crippen molar-refractivity contribution >= 4 is 91.6 Å². The van der Waals surface area contributed by atoms with E-state index < -0.39 is 35.2 Å². The molecular formula is C60H56F4N12O6. The predicted octanol–water partition coefficient (Wildman–Crippen LogP) is 10.1. The van der Waals surface area contributed by atoms with E-state index in [2.05, 4.69) is 64.2 Å². The van der Waals surface area contributed by atoms with Crippen LogP contribution < -0.4 is 31.1 Å². The van der Waals surface area contributed by atoms with Gasteiger partial charge in [0.2, 0.25) is 23.7 Å². The standard InChI is InChI=1S/2C28H26F2N6O.C4H4O4/c2*1-3-24(37)32-20-8-4-6-18(16-20)21-9-5-7-19-17-31-28(34-27(19)21)33-22-10-11-23(26(30)25(22)29)36-14-12-35(2)13-15-36;5-3(6)1-2-4(7)8/h2*3-11,16-17H,1,12-15H2,2H3,(H,32,37)(H,31,33,34);1-2H,(H,5,6)(H,7,8)/b;;2-1-. The number of carbonyl (C=O) groups excluding carboxylic acids is 2. The molecule has 18 nitrogen and oxygen atoms in total. The highest BCUT2D eigenvalue weighted by atomic mass is 19.2. The molecule has 2 aliphatic rings. The highest BCUT2D eigenvalue weighted by Gasteiger charge is 2.24. The molecule has 6 aromatic carbocycles.